The summed E-state index contributed by atoms with van der Waals surface area (Å²) in [7, 11) is 0. The molecule has 4 N–H and O–H groups in total. The quantitative estimate of drug-likeness (QED) is 0.643. The summed E-state index contributed by atoms with van der Waals surface area (Å²) in [5.41, 5.74) is 7.71. The van der Waals surface area contributed by atoms with Gasteiger partial charge in [-0.25, -0.2) is 14.4 Å². The number of nitrogens with two attached hydrogens (primary N) is 1. The zero-order valence-electron chi connectivity index (χ0n) is 13.6. The number of benzene rings is 1. The summed E-state index contributed by atoms with van der Waals surface area (Å²) >= 11 is 6.02. The van der Waals surface area contributed by atoms with E-state index in [1.54, 1.807) is 24.4 Å². The molecule has 0 saturated heterocycles. The van der Waals surface area contributed by atoms with Gasteiger partial charge in [0.05, 0.1) is 17.9 Å². The number of fused-ring (bicyclic) bond motifs is 1. The fourth-order valence-electron chi connectivity index (χ4n) is 2.70. The summed E-state index contributed by atoms with van der Waals surface area (Å²) in [5, 5.41) is 6.76. The molecule has 0 saturated carbocycles. The summed E-state index contributed by atoms with van der Waals surface area (Å²) in [5.74, 6) is 1.21. The predicted octanol–water partition coefficient (Wildman–Crippen LogP) is 4.07. The lowest BCUT2D eigenvalue weighted by molar-refractivity contribution is 0.323. The summed E-state index contributed by atoms with van der Waals surface area (Å²) in [6.07, 6.45) is 1.60. The van der Waals surface area contributed by atoms with Crippen molar-refractivity contribution in [3.8, 4) is 17.0 Å². The van der Waals surface area contributed by atoms with Crippen LogP contribution in [0.5, 0.6) is 5.75 Å². The SMILES string of the molecule is Nc1ccnc(Nc2cc(-c3cc(Cl)ccc3F)nc3c2OCCN3)c1. The van der Waals surface area contributed by atoms with Crippen LogP contribution in [0.1, 0.15) is 0 Å². The molecule has 132 valence electrons. The van der Waals surface area contributed by atoms with Crippen LogP contribution < -0.4 is 21.1 Å². The van der Waals surface area contributed by atoms with Gasteiger partial charge in [-0.15, -0.1) is 0 Å². The van der Waals surface area contributed by atoms with Crippen LogP contribution in [0.4, 0.5) is 27.4 Å². The highest BCUT2D eigenvalue weighted by Crippen LogP contribution is 2.39. The highest BCUT2D eigenvalue weighted by atomic mass is 35.5. The molecule has 0 bridgehead atoms. The van der Waals surface area contributed by atoms with Crippen LogP contribution in [0.25, 0.3) is 11.3 Å². The average molecular weight is 372 g/mol. The molecule has 0 radical (unpaired) electrons. The minimum atomic E-state index is -0.411. The molecule has 0 atom stereocenters. The van der Waals surface area contributed by atoms with Gasteiger partial charge >= 0.3 is 0 Å². The topological polar surface area (TPSA) is 85.1 Å². The van der Waals surface area contributed by atoms with Crippen molar-refractivity contribution in [2.24, 2.45) is 0 Å². The number of ether oxygens (including phenoxy) is 1. The molecule has 2 aromatic heterocycles. The van der Waals surface area contributed by atoms with Gasteiger partial charge < -0.3 is 21.1 Å². The standard InChI is InChI=1S/C18H15ClFN5O/c19-10-1-2-13(20)12(7-10)14-9-15(17-18(25-14)23-5-6-26-17)24-16-8-11(21)3-4-22-16/h1-4,7-9H,5-6H2,(H4,21,22,23,24,25). The van der Waals surface area contributed by atoms with Gasteiger partial charge in [-0.05, 0) is 30.3 Å². The van der Waals surface area contributed by atoms with Crippen LogP contribution in [-0.4, -0.2) is 23.1 Å². The first-order chi connectivity index (χ1) is 12.6. The molecule has 0 unspecified atom stereocenters. The van der Waals surface area contributed by atoms with E-state index in [4.69, 9.17) is 22.1 Å². The Labute approximate surface area is 154 Å². The number of pyridine rings is 2. The Balaban J connectivity index is 1.83. The number of aromatic nitrogens is 2. The lowest BCUT2D eigenvalue weighted by atomic mass is 10.1. The Bertz CT molecular complexity index is 982. The van der Waals surface area contributed by atoms with Crippen LogP contribution in [0.2, 0.25) is 5.02 Å². The third-order valence-electron chi connectivity index (χ3n) is 3.87. The third kappa shape index (κ3) is 3.21. The number of hydrogen-bond acceptors (Lipinski definition) is 6. The minimum absolute atomic E-state index is 0.302. The van der Waals surface area contributed by atoms with Gasteiger partial charge in [0.15, 0.2) is 11.6 Å². The van der Waals surface area contributed by atoms with E-state index in [0.717, 1.165) is 0 Å². The van der Waals surface area contributed by atoms with Crippen molar-refractivity contribution in [2.75, 3.05) is 29.5 Å². The van der Waals surface area contributed by atoms with Crippen molar-refractivity contribution in [3.63, 3.8) is 0 Å². The molecule has 0 fully saturated rings. The lowest BCUT2D eigenvalue weighted by Crippen LogP contribution is -2.20. The van der Waals surface area contributed by atoms with E-state index in [9.17, 15) is 4.39 Å². The van der Waals surface area contributed by atoms with E-state index in [0.29, 0.717) is 58.2 Å². The number of rotatable bonds is 3. The Morgan fingerprint density at radius 3 is 2.96 bits per heavy atom. The normalized spacial score (nSPS) is 12.7. The second kappa shape index (κ2) is 6.68. The molecule has 1 aliphatic heterocycles. The highest BCUT2D eigenvalue weighted by Gasteiger charge is 2.20. The molecule has 26 heavy (non-hydrogen) atoms. The molecule has 1 aromatic carbocycles. The Hall–Kier alpha value is -3.06. The number of anilines is 4. The molecule has 3 heterocycles. The van der Waals surface area contributed by atoms with Crippen molar-refractivity contribution in [1.29, 1.82) is 0 Å². The molecule has 6 nitrogen and oxygen atoms in total. The van der Waals surface area contributed by atoms with E-state index in [1.165, 1.54) is 18.2 Å². The molecule has 0 amide bonds. The third-order valence-corrected chi connectivity index (χ3v) is 4.10. The number of nitrogens with one attached hydrogen (secondary N) is 2. The van der Waals surface area contributed by atoms with E-state index in [1.807, 2.05) is 0 Å². The molecule has 1 aliphatic rings. The maximum absolute atomic E-state index is 14.3. The Kier molecular flexibility index (Phi) is 4.22. The second-order valence-electron chi connectivity index (χ2n) is 5.73. The van der Waals surface area contributed by atoms with E-state index >= 15 is 0 Å². The molecule has 8 heteroatoms. The maximum Gasteiger partial charge on any atom is 0.185 e. The first-order valence-corrected chi connectivity index (χ1v) is 8.33. The van der Waals surface area contributed by atoms with Gasteiger partial charge in [0.2, 0.25) is 0 Å². The van der Waals surface area contributed by atoms with Crippen molar-refractivity contribution in [1.82, 2.24) is 9.97 Å². The molecule has 3 aromatic rings. The minimum Gasteiger partial charge on any atom is -0.486 e. The number of nitrogen functional groups attached to an aromatic ring is 1. The summed E-state index contributed by atoms with van der Waals surface area (Å²) in [4.78, 5) is 8.72. The van der Waals surface area contributed by atoms with Gasteiger partial charge in [-0.3, -0.25) is 0 Å². The van der Waals surface area contributed by atoms with Crippen molar-refractivity contribution >= 4 is 34.6 Å². The van der Waals surface area contributed by atoms with Gasteiger partial charge in [0, 0.05) is 28.5 Å². The first-order valence-electron chi connectivity index (χ1n) is 7.96. The van der Waals surface area contributed by atoms with Gasteiger partial charge in [0.1, 0.15) is 18.2 Å². The monoisotopic (exact) mass is 371 g/mol. The van der Waals surface area contributed by atoms with Crippen molar-refractivity contribution in [3.05, 3.63) is 53.4 Å². The number of halogens is 2. The number of nitrogens with zero attached hydrogens (tertiary/aromatic N) is 2. The predicted molar refractivity (Wildman–Crippen MR) is 101 cm³/mol. The maximum atomic E-state index is 14.3. The molecular formula is C18H15ClFN5O. The van der Waals surface area contributed by atoms with Gasteiger partial charge in [-0.1, -0.05) is 11.6 Å². The largest absolute Gasteiger partial charge is 0.486 e. The van der Waals surface area contributed by atoms with Crippen molar-refractivity contribution < 1.29 is 9.13 Å². The molecule has 0 aliphatic carbocycles. The van der Waals surface area contributed by atoms with E-state index in [-0.39, 0.29) is 0 Å². The smallest absolute Gasteiger partial charge is 0.185 e. The molecule has 4 rings (SSSR count). The lowest BCUT2D eigenvalue weighted by Gasteiger charge is -2.22. The number of hydrogen-bond donors (Lipinski definition) is 3. The summed E-state index contributed by atoms with van der Waals surface area (Å²) in [6, 6.07) is 9.44. The summed E-state index contributed by atoms with van der Waals surface area (Å²) in [6.45, 7) is 1.11. The average Bonchev–Trinajstić information content (AvgIpc) is 2.64. The van der Waals surface area contributed by atoms with Crippen LogP contribution in [0, 0.1) is 5.82 Å². The Morgan fingerprint density at radius 2 is 2.12 bits per heavy atom. The fraction of sp³-hybridized carbons (Fsp3) is 0.111. The fourth-order valence-corrected chi connectivity index (χ4v) is 2.87. The van der Waals surface area contributed by atoms with Crippen LogP contribution in [-0.2, 0) is 0 Å². The van der Waals surface area contributed by atoms with Crippen molar-refractivity contribution in [2.45, 2.75) is 0 Å². The van der Waals surface area contributed by atoms with E-state index < -0.39 is 5.82 Å². The van der Waals surface area contributed by atoms with Gasteiger partial charge in [-0.2, -0.15) is 0 Å². The second-order valence-corrected chi connectivity index (χ2v) is 6.17. The zero-order chi connectivity index (χ0) is 18.1. The summed E-state index contributed by atoms with van der Waals surface area (Å²) < 4.78 is 20.0. The van der Waals surface area contributed by atoms with E-state index in [2.05, 4.69) is 20.6 Å². The molecular weight excluding hydrogens is 357 g/mol. The zero-order valence-corrected chi connectivity index (χ0v) is 14.3. The molecule has 0 spiro atoms. The van der Waals surface area contributed by atoms with Crippen LogP contribution in [0.15, 0.2) is 42.6 Å². The van der Waals surface area contributed by atoms with Gasteiger partial charge in [0.25, 0.3) is 0 Å². The highest BCUT2D eigenvalue weighted by molar-refractivity contribution is 6.30. The Morgan fingerprint density at radius 1 is 1.23 bits per heavy atom. The van der Waals surface area contributed by atoms with Crippen LogP contribution >= 0.6 is 11.6 Å². The van der Waals surface area contributed by atoms with Crippen LogP contribution in [0.3, 0.4) is 0 Å². The first kappa shape index (κ1) is 16.4.